The molecule has 0 saturated heterocycles. The van der Waals surface area contributed by atoms with Crippen LogP contribution in [-0.4, -0.2) is 113 Å². The second kappa shape index (κ2) is 18.0. The summed E-state index contributed by atoms with van der Waals surface area (Å²) in [5.41, 5.74) is 2.67. The summed E-state index contributed by atoms with van der Waals surface area (Å²) in [5, 5.41) is 52.8. The van der Waals surface area contributed by atoms with Crippen LogP contribution in [0.2, 0.25) is 10.0 Å². The van der Waals surface area contributed by atoms with Crippen LogP contribution in [0.1, 0.15) is 49.7 Å². The Kier molecular flexibility index (Phi) is 14.0. The molecule has 2 saturated carbocycles. The fourth-order valence-corrected chi connectivity index (χ4v) is 7.78. The summed E-state index contributed by atoms with van der Waals surface area (Å²) in [5.74, 6) is 0.809. The number of halogens is 2. The first-order chi connectivity index (χ1) is 25.3. The smallest absolute Gasteiger partial charge is 0.314 e. The van der Waals surface area contributed by atoms with Crippen molar-refractivity contribution < 1.29 is 48.2 Å². The number of hydrogen-bond donors (Lipinski definition) is 7. The van der Waals surface area contributed by atoms with E-state index in [2.05, 4.69) is 15.6 Å². The van der Waals surface area contributed by atoms with E-state index in [1.807, 2.05) is 36.5 Å². The summed E-state index contributed by atoms with van der Waals surface area (Å²) in [7, 11) is -2.61. The third-order valence-corrected chi connectivity index (χ3v) is 12.0. The molecule has 5 rings (SSSR count). The molecular formula is C36H46Cl2N4O10S. The molecule has 2 fully saturated rings. The summed E-state index contributed by atoms with van der Waals surface area (Å²) < 4.78 is 41.1. The van der Waals surface area contributed by atoms with Crippen molar-refractivity contribution in [3.05, 3.63) is 76.0 Å². The van der Waals surface area contributed by atoms with Gasteiger partial charge in [-0.15, -0.1) is 0 Å². The summed E-state index contributed by atoms with van der Waals surface area (Å²) in [6, 6.07) is 12.0. The van der Waals surface area contributed by atoms with Crippen molar-refractivity contribution in [3.63, 3.8) is 0 Å². The van der Waals surface area contributed by atoms with Gasteiger partial charge in [-0.3, -0.25) is 4.98 Å². The number of hydrogen-bond acceptors (Lipinski definition) is 11. The molecule has 1 heterocycles. The molecule has 2 amide bonds. The van der Waals surface area contributed by atoms with E-state index in [0.717, 1.165) is 48.1 Å². The molecule has 4 atom stereocenters. The monoisotopic (exact) mass is 796 g/mol. The highest BCUT2D eigenvalue weighted by atomic mass is 35.5. The maximum absolute atomic E-state index is 13.6. The second-order valence-electron chi connectivity index (χ2n) is 13.4. The number of unbranched alkanes of at least 4 members (excludes halogenated alkanes) is 1. The molecule has 53 heavy (non-hydrogen) atoms. The summed E-state index contributed by atoms with van der Waals surface area (Å²) >= 11 is 13.0. The molecule has 290 valence electrons. The molecule has 0 radical (unpaired) electrons. The first-order valence-electron chi connectivity index (χ1n) is 17.4. The van der Waals surface area contributed by atoms with Gasteiger partial charge in [0.1, 0.15) is 29.0 Å². The molecule has 0 unspecified atom stereocenters. The van der Waals surface area contributed by atoms with E-state index in [-0.39, 0.29) is 40.7 Å². The fourth-order valence-electron chi connectivity index (χ4n) is 5.74. The number of benzene rings is 2. The SMILES string of the molecule is CN(CCCCNC(=O)NC[C@H](O)[C@@H](O)[C@H](O)[C@H](O)CO)S(=O)(=O)c1cc(COC2(c3cnccc3-c3ccccc3OC3CC3)CC2)c(Cl)cc1Cl. The molecule has 0 spiro atoms. The van der Waals surface area contributed by atoms with Gasteiger partial charge in [-0.25, -0.2) is 17.5 Å². The van der Waals surface area contributed by atoms with Crippen molar-refractivity contribution in [3.8, 4) is 16.9 Å². The quantitative estimate of drug-likeness (QED) is 0.0827. The van der Waals surface area contributed by atoms with Crippen LogP contribution in [0.4, 0.5) is 4.79 Å². The van der Waals surface area contributed by atoms with E-state index in [1.54, 1.807) is 6.20 Å². The lowest BCUT2D eigenvalue weighted by atomic mass is 9.96. The number of aliphatic hydroxyl groups is 5. The van der Waals surface area contributed by atoms with Gasteiger partial charge in [-0.1, -0.05) is 41.4 Å². The van der Waals surface area contributed by atoms with Gasteiger partial charge < -0.3 is 45.6 Å². The van der Waals surface area contributed by atoms with Crippen molar-refractivity contribution in [2.45, 2.75) is 86.1 Å². The molecule has 0 aliphatic heterocycles. The van der Waals surface area contributed by atoms with Crippen LogP contribution >= 0.6 is 23.2 Å². The Labute approximate surface area is 318 Å². The zero-order valence-corrected chi connectivity index (χ0v) is 31.5. The number of rotatable bonds is 20. The van der Waals surface area contributed by atoms with Crippen molar-refractivity contribution in [1.82, 2.24) is 19.9 Å². The zero-order chi connectivity index (χ0) is 38.3. The number of para-hydroxylation sites is 1. The van der Waals surface area contributed by atoms with E-state index in [9.17, 15) is 33.6 Å². The van der Waals surface area contributed by atoms with Gasteiger partial charge in [-0.05, 0) is 73.9 Å². The fraction of sp³-hybridized carbons (Fsp3) is 0.500. The van der Waals surface area contributed by atoms with Crippen LogP contribution in [-0.2, 0) is 27.0 Å². The second-order valence-corrected chi connectivity index (χ2v) is 16.2. The van der Waals surface area contributed by atoms with Gasteiger partial charge in [0.05, 0.1) is 36.0 Å². The maximum atomic E-state index is 13.6. The minimum absolute atomic E-state index is 0.0300. The minimum Gasteiger partial charge on any atom is -0.490 e. The lowest BCUT2D eigenvalue weighted by molar-refractivity contribution is -0.113. The average molecular weight is 798 g/mol. The predicted octanol–water partition coefficient (Wildman–Crippen LogP) is 2.94. The number of ether oxygens (including phenoxy) is 2. The standard InChI is InChI=1S/C36H46Cl2N4O10S/c1-42(15-5-4-13-40-35(48)41-19-29(44)33(46)34(47)30(45)20-43)53(49,50)32-16-22(27(37)17-28(32)38)21-51-36(11-12-36)26-18-39-14-10-24(26)25-6-2-3-7-31(25)52-23-8-9-23/h2-3,6-7,10,14,16-18,23,29-30,33-34,43-47H,4-5,8-9,11-13,15,19-21H2,1H3,(H2,40,41,48)/t29-,30+,33+,34+/m0/s1. The first-order valence-corrected chi connectivity index (χ1v) is 19.6. The lowest BCUT2D eigenvalue weighted by Gasteiger charge is -2.25. The number of nitrogens with zero attached hydrogens (tertiary/aromatic N) is 2. The van der Waals surface area contributed by atoms with Crippen molar-refractivity contribution in [1.29, 1.82) is 0 Å². The van der Waals surface area contributed by atoms with Crippen LogP contribution in [0.5, 0.6) is 5.75 Å². The van der Waals surface area contributed by atoms with Gasteiger partial charge in [0.2, 0.25) is 10.0 Å². The van der Waals surface area contributed by atoms with Gasteiger partial charge >= 0.3 is 6.03 Å². The van der Waals surface area contributed by atoms with Crippen molar-refractivity contribution >= 4 is 39.3 Å². The zero-order valence-electron chi connectivity index (χ0n) is 29.2. The number of pyridine rings is 1. The highest BCUT2D eigenvalue weighted by Crippen LogP contribution is 2.53. The van der Waals surface area contributed by atoms with Crippen LogP contribution < -0.4 is 15.4 Å². The van der Waals surface area contributed by atoms with Gasteiger partial charge in [0.25, 0.3) is 0 Å². The molecule has 14 nitrogen and oxygen atoms in total. The Bertz CT molecular complexity index is 1830. The van der Waals surface area contributed by atoms with E-state index in [1.165, 1.54) is 23.5 Å². The number of sulfonamides is 1. The summed E-state index contributed by atoms with van der Waals surface area (Å²) in [4.78, 5) is 16.4. The van der Waals surface area contributed by atoms with E-state index in [4.69, 9.17) is 37.8 Å². The van der Waals surface area contributed by atoms with Crippen molar-refractivity contribution in [2.24, 2.45) is 0 Å². The third kappa shape index (κ3) is 10.4. The molecule has 2 aliphatic rings. The van der Waals surface area contributed by atoms with E-state index >= 15 is 0 Å². The number of nitrogens with one attached hydrogen (secondary N) is 2. The summed E-state index contributed by atoms with van der Waals surface area (Å²) in [6.45, 7) is -0.932. The van der Waals surface area contributed by atoms with Crippen LogP contribution in [0.3, 0.4) is 0 Å². The van der Waals surface area contributed by atoms with E-state index < -0.39 is 59.2 Å². The Balaban J connectivity index is 1.15. The normalized spacial score (nSPS) is 17.5. The third-order valence-electron chi connectivity index (χ3n) is 9.29. The number of amides is 2. The molecule has 2 aliphatic carbocycles. The predicted molar refractivity (Wildman–Crippen MR) is 197 cm³/mol. The lowest BCUT2D eigenvalue weighted by Crippen LogP contribution is -2.50. The number of aliphatic hydroxyl groups excluding tert-OH is 5. The van der Waals surface area contributed by atoms with Crippen LogP contribution in [0.15, 0.2) is 59.8 Å². The van der Waals surface area contributed by atoms with Crippen LogP contribution in [0.25, 0.3) is 11.1 Å². The molecule has 0 bridgehead atoms. The maximum Gasteiger partial charge on any atom is 0.314 e. The topological polar surface area (TPSA) is 211 Å². The molecule has 7 N–H and O–H groups in total. The first kappa shape index (κ1) is 41.1. The van der Waals surface area contributed by atoms with Crippen LogP contribution in [0, 0.1) is 0 Å². The number of carbonyl (C=O) groups is 1. The number of aromatic nitrogens is 1. The van der Waals surface area contributed by atoms with Crippen molar-refractivity contribution in [2.75, 3.05) is 33.3 Å². The molecule has 3 aromatic rings. The number of carbonyl (C=O) groups excluding carboxylic acids is 1. The average Bonchev–Trinajstić information content (AvgIpc) is 4.10. The Morgan fingerprint density at radius 3 is 2.42 bits per heavy atom. The van der Waals surface area contributed by atoms with Gasteiger partial charge in [-0.2, -0.15) is 0 Å². The Hall–Kier alpha value is -3.09. The Morgan fingerprint density at radius 1 is 1.00 bits per heavy atom. The minimum atomic E-state index is -4.04. The highest BCUT2D eigenvalue weighted by molar-refractivity contribution is 7.89. The molecule has 17 heteroatoms. The summed E-state index contributed by atoms with van der Waals surface area (Å²) in [6.07, 6.45) is 1.27. The molecular weight excluding hydrogens is 751 g/mol. The highest BCUT2D eigenvalue weighted by Gasteiger charge is 2.48. The molecule has 1 aromatic heterocycles. The molecule has 2 aromatic carbocycles. The van der Waals surface area contributed by atoms with Gasteiger partial charge in [0.15, 0.2) is 0 Å². The number of urea groups is 1. The van der Waals surface area contributed by atoms with Gasteiger partial charge in [0, 0.05) is 55.2 Å². The Morgan fingerprint density at radius 2 is 1.72 bits per heavy atom. The van der Waals surface area contributed by atoms with E-state index in [0.29, 0.717) is 18.4 Å². The largest absolute Gasteiger partial charge is 0.490 e.